The van der Waals surface area contributed by atoms with Gasteiger partial charge >= 0.3 is 0 Å². The molecule has 4 aromatic rings. The van der Waals surface area contributed by atoms with Gasteiger partial charge in [-0.3, -0.25) is 9.79 Å². The maximum absolute atomic E-state index is 14.2. The van der Waals surface area contributed by atoms with E-state index in [4.69, 9.17) is 4.99 Å². The molecule has 4 aromatic carbocycles. The highest BCUT2D eigenvalue weighted by Gasteiger charge is 2.42. The summed E-state index contributed by atoms with van der Waals surface area (Å²) in [5.41, 5.74) is 4.00. The topological polar surface area (TPSA) is 85.8 Å². The molecule has 4 aliphatic heterocycles. The molecule has 210 valence electrons. The number of carbonyl (C=O) groups excluding carboxylic acids is 1. The summed E-state index contributed by atoms with van der Waals surface area (Å²) in [6.45, 7) is 0. The van der Waals surface area contributed by atoms with Crippen molar-refractivity contribution in [3.05, 3.63) is 82.6 Å². The van der Waals surface area contributed by atoms with Crippen LogP contribution in [0.5, 0.6) is 0 Å². The molecule has 6 nitrogen and oxygen atoms in total. The quantitative estimate of drug-likeness (QED) is 0.216. The Balaban J connectivity index is 1.27. The number of benzene rings is 4. The highest BCUT2D eigenvalue weighted by atomic mass is 32.2. The normalized spacial score (nSPS) is 22.8. The largest absolute Gasteiger partial charge is 0.506 e. The van der Waals surface area contributed by atoms with E-state index in [0.29, 0.717) is 11.1 Å². The van der Waals surface area contributed by atoms with Crippen LogP contribution in [0.1, 0.15) is 31.2 Å². The smallest absolute Gasteiger partial charge is 0.201 e. The SMILES string of the molecule is O=C1C(c2ccc3cccc4c3c2NC2(CCSCC2)N4)=C(O)/C1=c1/ccc2cccc3c2c1=NC1(CCSCC1)N3. The van der Waals surface area contributed by atoms with Gasteiger partial charge in [-0.2, -0.15) is 23.5 Å². The van der Waals surface area contributed by atoms with Crippen LogP contribution in [-0.2, 0) is 4.79 Å². The van der Waals surface area contributed by atoms with Gasteiger partial charge in [0.15, 0.2) is 0 Å². The Morgan fingerprint density at radius 3 is 2.12 bits per heavy atom. The molecule has 2 fully saturated rings. The molecule has 0 radical (unpaired) electrons. The van der Waals surface area contributed by atoms with Crippen molar-refractivity contribution >= 4 is 79.1 Å². The number of nitrogens with zero attached hydrogens (tertiary/aromatic N) is 1. The molecule has 4 heterocycles. The van der Waals surface area contributed by atoms with Gasteiger partial charge in [0.2, 0.25) is 5.78 Å². The zero-order valence-corrected chi connectivity index (χ0v) is 24.7. The summed E-state index contributed by atoms with van der Waals surface area (Å²) in [5.74, 6) is 4.18. The first-order valence-corrected chi connectivity index (χ1v) is 17.1. The van der Waals surface area contributed by atoms with Crippen LogP contribution in [0.15, 0.2) is 71.4 Å². The number of allylic oxidation sites excluding steroid dienone is 2. The van der Waals surface area contributed by atoms with Crippen molar-refractivity contribution in [2.45, 2.75) is 37.0 Å². The van der Waals surface area contributed by atoms with Crippen LogP contribution in [0.25, 0.3) is 32.7 Å². The molecule has 1 aliphatic carbocycles. The molecule has 9 rings (SSSR count). The van der Waals surface area contributed by atoms with Gasteiger partial charge in [0.05, 0.1) is 22.2 Å². The maximum atomic E-state index is 14.2. The van der Waals surface area contributed by atoms with Gasteiger partial charge in [0.1, 0.15) is 17.1 Å². The highest BCUT2D eigenvalue weighted by molar-refractivity contribution is 7.99. The Morgan fingerprint density at radius 1 is 0.714 bits per heavy atom. The van der Waals surface area contributed by atoms with Crippen molar-refractivity contribution in [2.75, 3.05) is 39.0 Å². The molecular formula is C34H30N4O2S2. The number of hydrogen-bond donors (Lipinski definition) is 4. The van der Waals surface area contributed by atoms with Crippen molar-refractivity contribution in [3.8, 4) is 0 Å². The minimum atomic E-state index is -0.374. The second-order valence-electron chi connectivity index (χ2n) is 12.0. The van der Waals surface area contributed by atoms with Gasteiger partial charge < -0.3 is 21.1 Å². The summed E-state index contributed by atoms with van der Waals surface area (Å²) in [5, 5.41) is 28.9. The van der Waals surface area contributed by atoms with E-state index in [1.165, 1.54) is 0 Å². The van der Waals surface area contributed by atoms with E-state index in [2.05, 4.69) is 58.4 Å². The highest BCUT2D eigenvalue weighted by Crippen LogP contribution is 2.48. The fraction of sp³-hybridized carbons (Fsp3) is 0.294. The van der Waals surface area contributed by atoms with Crippen molar-refractivity contribution in [1.29, 1.82) is 0 Å². The molecule has 8 heteroatoms. The fourth-order valence-corrected chi connectivity index (χ4v) is 9.80. The Bertz CT molecular complexity index is 2020. The molecule has 42 heavy (non-hydrogen) atoms. The van der Waals surface area contributed by atoms with Crippen LogP contribution in [0.2, 0.25) is 0 Å². The number of nitrogens with one attached hydrogen (secondary N) is 3. The number of aliphatic hydroxyl groups is 1. The number of hydrogen-bond acceptors (Lipinski definition) is 8. The standard InChI is InChI=1S/C34H30N4O2S2/c39-31-27(21-9-7-19-3-1-5-23-25(19)29(21)37-33(35-23)11-15-41-16-12-33)32(40)28(31)22-10-8-20-4-2-6-24-26(20)30(22)38-34(36-24)13-17-42-18-14-34/h1-10,35-37,39H,11-18H2/b28-22+. The van der Waals surface area contributed by atoms with Crippen LogP contribution in [0.3, 0.4) is 0 Å². The molecule has 4 N–H and O–H groups in total. The third-order valence-corrected chi connectivity index (χ3v) is 11.6. The summed E-state index contributed by atoms with van der Waals surface area (Å²) in [7, 11) is 0. The lowest BCUT2D eigenvalue weighted by molar-refractivity contribution is -0.109. The monoisotopic (exact) mass is 590 g/mol. The minimum absolute atomic E-state index is 0.0664. The predicted octanol–water partition coefficient (Wildman–Crippen LogP) is 6.02. The van der Waals surface area contributed by atoms with Gasteiger partial charge in [0, 0.05) is 32.9 Å². The third kappa shape index (κ3) is 3.48. The maximum Gasteiger partial charge on any atom is 0.201 e. The molecular weight excluding hydrogens is 561 g/mol. The summed E-state index contributed by atoms with van der Waals surface area (Å²) in [6.07, 6.45) is 3.83. The number of aliphatic hydroxyl groups excluding tert-OH is 1. The Labute approximate surface area is 251 Å². The average Bonchev–Trinajstić information content (AvgIpc) is 3.00. The van der Waals surface area contributed by atoms with Crippen LogP contribution in [0.4, 0.5) is 17.1 Å². The van der Waals surface area contributed by atoms with Crippen molar-refractivity contribution < 1.29 is 9.90 Å². The number of thioether (sulfide) groups is 2. The van der Waals surface area contributed by atoms with E-state index in [-0.39, 0.29) is 22.9 Å². The Morgan fingerprint density at radius 2 is 1.38 bits per heavy atom. The average molecular weight is 591 g/mol. The summed E-state index contributed by atoms with van der Waals surface area (Å²) in [6, 6.07) is 20.6. The number of anilines is 3. The first-order chi connectivity index (χ1) is 20.5. The minimum Gasteiger partial charge on any atom is -0.506 e. The van der Waals surface area contributed by atoms with Gasteiger partial charge in [-0.05, 0) is 71.6 Å². The van der Waals surface area contributed by atoms with Gasteiger partial charge in [-0.25, -0.2) is 0 Å². The molecule has 0 amide bonds. The molecule has 0 saturated carbocycles. The lowest BCUT2D eigenvalue weighted by Crippen LogP contribution is -2.51. The lowest BCUT2D eigenvalue weighted by Gasteiger charge is -2.44. The van der Waals surface area contributed by atoms with Crippen molar-refractivity contribution in [3.63, 3.8) is 0 Å². The Hall–Kier alpha value is -3.62. The summed E-state index contributed by atoms with van der Waals surface area (Å²) >= 11 is 3.94. The summed E-state index contributed by atoms with van der Waals surface area (Å²) in [4.78, 5) is 19.5. The van der Waals surface area contributed by atoms with Crippen molar-refractivity contribution in [1.82, 2.24) is 0 Å². The van der Waals surface area contributed by atoms with Gasteiger partial charge in [0.25, 0.3) is 0 Å². The molecule has 0 aromatic heterocycles. The van der Waals surface area contributed by atoms with Gasteiger partial charge in [-0.1, -0.05) is 48.5 Å². The van der Waals surface area contributed by atoms with E-state index >= 15 is 0 Å². The third-order valence-electron chi connectivity index (χ3n) is 9.63. The van der Waals surface area contributed by atoms with E-state index < -0.39 is 0 Å². The molecule has 0 unspecified atom stereocenters. The number of carbonyl (C=O) groups is 1. The fourth-order valence-electron chi connectivity index (χ4n) is 7.44. The lowest BCUT2D eigenvalue weighted by atomic mass is 9.79. The second kappa shape index (κ2) is 8.94. The summed E-state index contributed by atoms with van der Waals surface area (Å²) < 4.78 is 0. The zero-order chi connectivity index (χ0) is 28.1. The second-order valence-corrected chi connectivity index (χ2v) is 14.5. The molecule has 5 aliphatic rings. The molecule has 2 spiro atoms. The van der Waals surface area contributed by atoms with Crippen LogP contribution in [0, 0.1) is 0 Å². The van der Waals surface area contributed by atoms with Crippen LogP contribution >= 0.6 is 23.5 Å². The van der Waals surface area contributed by atoms with E-state index in [1.807, 2.05) is 41.7 Å². The molecule has 0 atom stereocenters. The number of Topliss-reactive ketones (excluding diaryl/α,β-unsaturated/α-hetero) is 1. The predicted molar refractivity (Wildman–Crippen MR) is 176 cm³/mol. The van der Waals surface area contributed by atoms with Crippen LogP contribution < -0.4 is 26.5 Å². The van der Waals surface area contributed by atoms with E-state index in [1.54, 1.807) is 0 Å². The molecule has 0 bridgehead atoms. The van der Waals surface area contributed by atoms with E-state index in [0.717, 1.165) is 103 Å². The molecule has 2 saturated heterocycles. The van der Waals surface area contributed by atoms with E-state index in [9.17, 15) is 9.90 Å². The van der Waals surface area contributed by atoms with Crippen molar-refractivity contribution in [2.24, 2.45) is 4.99 Å². The van der Waals surface area contributed by atoms with Gasteiger partial charge in [-0.15, -0.1) is 0 Å². The Kier molecular flexibility index (Phi) is 5.31. The first kappa shape index (κ1) is 24.9. The zero-order valence-electron chi connectivity index (χ0n) is 23.0. The number of rotatable bonds is 1. The first-order valence-electron chi connectivity index (χ1n) is 14.8. The van der Waals surface area contributed by atoms with Crippen LogP contribution in [-0.4, -0.2) is 45.2 Å². The number of ketones is 1.